The SMILES string of the molecule is CCOC(=O)C1CCN(c2ccc(C(=O)Nc3ccc(I)cc3F)cn2)CC1. The second kappa shape index (κ2) is 9.31. The van der Waals surface area contributed by atoms with Crippen LogP contribution in [-0.2, 0) is 9.53 Å². The van der Waals surface area contributed by atoms with E-state index in [-0.39, 0.29) is 17.6 Å². The largest absolute Gasteiger partial charge is 0.466 e. The Hall–Kier alpha value is -2.23. The van der Waals surface area contributed by atoms with Gasteiger partial charge in [-0.2, -0.15) is 0 Å². The van der Waals surface area contributed by atoms with Gasteiger partial charge in [0, 0.05) is 22.9 Å². The molecule has 1 aliphatic rings. The average Bonchev–Trinajstić information content (AvgIpc) is 2.70. The number of ether oxygens (including phenoxy) is 1. The lowest BCUT2D eigenvalue weighted by atomic mass is 9.97. The highest BCUT2D eigenvalue weighted by Gasteiger charge is 2.26. The molecule has 6 nitrogen and oxygen atoms in total. The standard InChI is InChI=1S/C20H21FIN3O3/c1-2-28-20(27)13-7-9-25(10-8-13)18-6-3-14(12-23-18)19(26)24-17-5-4-15(22)11-16(17)21/h3-6,11-13H,2,7-10H2,1H3,(H,24,26). The lowest BCUT2D eigenvalue weighted by Crippen LogP contribution is -2.37. The maximum absolute atomic E-state index is 13.9. The van der Waals surface area contributed by atoms with E-state index < -0.39 is 11.7 Å². The van der Waals surface area contributed by atoms with E-state index in [2.05, 4.69) is 15.2 Å². The molecule has 1 aliphatic heterocycles. The molecule has 0 atom stereocenters. The smallest absolute Gasteiger partial charge is 0.309 e. The molecule has 3 rings (SSSR count). The number of anilines is 2. The first-order chi connectivity index (χ1) is 13.5. The summed E-state index contributed by atoms with van der Waals surface area (Å²) in [6.45, 7) is 3.61. The van der Waals surface area contributed by atoms with Crippen molar-refractivity contribution in [2.45, 2.75) is 19.8 Å². The van der Waals surface area contributed by atoms with Crippen LogP contribution in [0.25, 0.3) is 0 Å². The summed E-state index contributed by atoms with van der Waals surface area (Å²) in [7, 11) is 0. The fourth-order valence-electron chi connectivity index (χ4n) is 3.10. The van der Waals surface area contributed by atoms with Gasteiger partial charge < -0.3 is 15.0 Å². The molecule has 0 unspecified atom stereocenters. The number of amides is 1. The van der Waals surface area contributed by atoms with Crippen LogP contribution in [0.15, 0.2) is 36.5 Å². The Morgan fingerprint density at radius 3 is 2.64 bits per heavy atom. The fourth-order valence-corrected chi connectivity index (χ4v) is 3.55. The van der Waals surface area contributed by atoms with Gasteiger partial charge in [0.2, 0.25) is 0 Å². The van der Waals surface area contributed by atoms with Crippen LogP contribution in [0, 0.1) is 15.3 Å². The molecule has 1 N–H and O–H groups in total. The maximum atomic E-state index is 13.9. The summed E-state index contributed by atoms with van der Waals surface area (Å²) in [6.07, 6.45) is 2.91. The van der Waals surface area contributed by atoms with Crippen molar-refractivity contribution in [1.29, 1.82) is 0 Å². The number of carbonyl (C=O) groups excluding carboxylic acids is 2. The van der Waals surface area contributed by atoms with Crippen LogP contribution in [0.1, 0.15) is 30.1 Å². The van der Waals surface area contributed by atoms with Crippen LogP contribution >= 0.6 is 22.6 Å². The van der Waals surface area contributed by atoms with Crippen LogP contribution < -0.4 is 10.2 Å². The number of halogens is 2. The highest BCUT2D eigenvalue weighted by Crippen LogP contribution is 2.23. The molecule has 0 aliphatic carbocycles. The predicted molar refractivity (Wildman–Crippen MR) is 113 cm³/mol. The van der Waals surface area contributed by atoms with Crippen molar-refractivity contribution < 1.29 is 18.7 Å². The summed E-state index contributed by atoms with van der Waals surface area (Å²) in [6, 6.07) is 8.05. The number of aromatic nitrogens is 1. The van der Waals surface area contributed by atoms with Crippen molar-refractivity contribution in [3.8, 4) is 0 Å². The monoisotopic (exact) mass is 497 g/mol. The Morgan fingerprint density at radius 1 is 1.29 bits per heavy atom. The number of hydrogen-bond donors (Lipinski definition) is 1. The van der Waals surface area contributed by atoms with Crippen molar-refractivity contribution in [2.24, 2.45) is 5.92 Å². The molecule has 1 saturated heterocycles. The van der Waals surface area contributed by atoms with Crippen molar-refractivity contribution >= 4 is 46.0 Å². The molecule has 2 heterocycles. The summed E-state index contributed by atoms with van der Waals surface area (Å²) in [4.78, 5) is 30.6. The Balaban J connectivity index is 1.59. The third kappa shape index (κ3) is 4.98. The first-order valence-electron chi connectivity index (χ1n) is 9.12. The fraction of sp³-hybridized carbons (Fsp3) is 0.350. The molecular weight excluding hydrogens is 476 g/mol. The van der Waals surface area contributed by atoms with Gasteiger partial charge in [0.05, 0.1) is 23.8 Å². The van der Waals surface area contributed by atoms with E-state index >= 15 is 0 Å². The molecule has 1 aromatic carbocycles. The summed E-state index contributed by atoms with van der Waals surface area (Å²) >= 11 is 2.01. The van der Waals surface area contributed by atoms with Crippen molar-refractivity contribution in [2.75, 3.05) is 29.9 Å². The zero-order chi connectivity index (χ0) is 20.1. The molecule has 1 fully saturated rings. The zero-order valence-corrected chi connectivity index (χ0v) is 17.6. The number of carbonyl (C=O) groups is 2. The highest BCUT2D eigenvalue weighted by atomic mass is 127. The summed E-state index contributed by atoms with van der Waals surface area (Å²) in [5.41, 5.74) is 0.485. The Kier molecular flexibility index (Phi) is 6.82. The molecule has 0 spiro atoms. The minimum absolute atomic E-state index is 0.0647. The topological polar surface area (TPSA) is 71.5 Å². The van der Waals surface area contributed by atoms with Gasteiger partial charge in [0.1, 0.15) is 11.6 Å². The van der Waals surface area contributed by atoms with Crippen molar-refractivity contribution in [1.82, 2.24) is 4.98 Å². The normalized spacial score (nSPS) is 14.6. The van der Waals surface area contributed by atoms with Crippen LogP contribution in [0.5, 0.6) is 0 Å². The first-order valence-corrected chi connectivity index (χ1v) is 10.2. The second-order valence-corrected chi connectivity index (χ2v) is 7.74. The number of rotatable bonds is 5. The zero-order valence-electron chi connectivity index (χ0n) is 15.5. The third-order valence-corrected chi connectivity index (χ3v) is 5.30. The molecule has 0 saturated carbocycles. The minimum atomic E-state index is -0.477. The molecular formula is C20H21FIN3O3. The van der Waals surface area contributed by atoms with Gasteiger partial charge in [-0.3, -0.25) is 9.59 Å². The lowest BCUT2D eigenvalue weighted by molar-refractivity contribution is -0.148. The van der Waals surface area contributed by atoms with E-state index in [0.29, 0.717) is 25.3 Å². The molecule has 0 bridgehead atoms. The van der Waals surface area contributed by atoms with Gasteiger partial charge in [0.15, 0.2) is 0 Å². The number of esters is 1. The number of nitrogens with zero attached hydrogens (tertiary/aromatic N) is 2. The average molecular weight is 497 g/mol. The predicted octanol–water partition coefficient (Wildman–Crippen LogP) is 3.86. The molecule has 1 amide bonds. The van der Waals surface area contributed by atoms with E-state index in [1.165, 1.54) is 18.3 Å². The lowest BCUT2D eigenvalue weighted by Gasteiger charge is -2.31. The number of hydrogen-bond acceptors (Lipinski definition) is 5. The molecule has 2 aromatic rings. The van der Waals surface area contributed by atoms with Crippen LogP contribution in [-0.4, -0.2) is 36.6 Å². The van der Waals surface area contributed by atoms with Crippen molar-refractivity contribution in [3.63, 3.8) is 0 Å². The summed E-state index contributed by atoms with van der Waals surface area (Å²) in [5.74, 6) is -0.344. The first kappa shape index (κ1) is 20.5. The van der Waals surface area contributed by atoms with Gasteiger partial charge in [-0.1, -0.05) is 0 Å². The Labute approximate surface area is 176 Å². The number of pyridine rings is 1. The summed E-state index contributed by atoms with van der Waals surface area (Å²) in [5, 5.41) is 2.56. The quantitative estimate of drug-likeness (QED) is 0.502. The van der Waals surface area contributed by atoms with E-state index in [0.717, 1.165) is 22.2 Å². The van der Waals surface area contributed by atoms with Crippen LogP contribution in [0.3, 0.4) is 0 Å². The molecule has 28 heavy (non-hydrogen) atoms. The number of benzene rings is 1. The van der Waals surface area contributed by atoms with Gasteiger partial charge in [0.25, 0.3) is 5.91 Å². The van der Waals surface area contributed by atoms with Gasteiger partial charge >= 0.3 is 5.97 Å². The molecule has 0 radical (unpaired) electrons. The van der Waals surface area contributed by atoms with E-state index in [4.69, 9.17) is 4.74 Å². The number of nitrogens with one attached hydrogen (secondary N) is 1. The molecule has 1 aromatic heterocycles. The molecule has 148 valence electrons. The van der Waals surface area contributed by atoms with E-state index in [1.54, 1.807) is 18.2 Å². The van der Waals surface area contributed by atoms with Crippen LogP contribution in [0.4, 0.5) is 15.9 Å². The second-order valence-electron chi connectivity index (χ2n) is 6.50. The molecule has 8 heteroatoms. The van der Waals surface area contributed by atoms with Gasteiger partial charge in [-0.05, 0) is 72.7 Å². The Morgan fingerprint density at radius 2 is 2.04 bits per heavy atom. The van der Waals surface area contributed by atoms with Gasteiger partial charge in [-0.25, -0.2) is 9.37 Å². The van der Waals surface area contributed by atoms with Crippen LogP contribution in [0.2, 0.25) is 0 Å². The van der Waals surface area contributed by atoms with E-state index in [1.807, 2.05) is 29.5 Å². The highest BCUT2D eigenvalue weighted by molar-refractivity contribution is 14.1. The summed E-state index contributed by atoms with van der Waals surface area (Å²) < 4.78 is 19.7. The van der Waals surface area contributed by atoms with Crippen molar-refractivity contribution in [3.05, 3.63) is 51.5 Å². The third-order valence-electron chi connectivity index (χ3n) is 4.63. The van der Waals surface area contributed by atoms with E-state index in [9.17, 15) is 14.0 Å². The number of piperidine rings is 1. The minimum Gasteiger partial charge on any atom is -0.466 e. The Bertz CT molecular complexity index is 852. The van der Waals surface area contributed by atoms with Gasteiger partial charge in [-0.15, -0.1) is 0 Å². The maximum Gasteiger partial charge on any atom is 0.309 e.